The van der Waals surface area contributed by atoms with Crippen LogP contribution in [0, 0.1) is 5.92 Å². The van der Waals surface area contributed by atoms with Gasteiger partial charge in [0.25, 0.3) is 5.91 Å². The molecule has 3 rings (SSSR count). The fourth-order valence-electron chi connectivity index (χ4n) is 4.43. The van der Waals surface area contributed by atoms with E-state index in [2.05, 4.69) is 17.1 Å². The summed E-state index contributed by atoms with van der Waals surface area (Å²) in [7, 11) is 0. The van der Waals surface area contributed by atoms with Crippen LogP contribution < -0.4 is 15.0 Å². The van der Waals surface area contributed by atoms with Crippen molar-refractivity contribution in [3.05, 3.63) is 59.7 Å². The van der Waals surface area contributed by atoms with Gasteiger partial charge < -0.3 is 19.7 Å². The molecule has 35 heavy (non-hydrogen) atoms. The standard InChI is InChI=1S/C29H40N2O4/c1-3-5-9-25(29(33)34-4-2)22-23-10-16-27(17-11-23)35-21-18-30-28(32)24-12-14-26(15-13-24)31-19-7-6-8-20-31/h10-17,25H,3-9,18-22H2,1-2H3,(H,30,32). The molecule has 1 heterocycles. The first-order valence-electron chi connectivity index (χ1n) is 13.1. The molecule has 1 saturated heterocycles. The van der Waals surface area contributed by atoms with Crippen LogP contribution in [0.4, 0.5) is 5.69 Å². The van der Waals surface area contributed by atoms with Gasteiger partial charge in [-0.15, -0.1) is 0 Å². The number of carbonyl (C=O) groups is 2. The molecule has 1 fully saturated rings. The molecule has 1 unspecified atom stereocenters. The van der Waals surface area contributed by atoms with Crippen molar-refractivity contribution in [3.63, 3.8) is 0 Å². The molecule has 2 aromatic rings. The third-order valence-corrected chi connectivity index (χ3v) is 6.44. The Labute approximate surface area is 210 Å². The van der Waals surface area contributed by atoms with Crippen LogP contribution in [0.2, 0.25) is 0 Å². The Hall–Kier alpha value is -3.02. The van der Waals surface area contributed by atoms with E-state index >= 15 is 0 Å². The van der Waals surface area contributed by atoms with Crippen molar-refractivity contribution < 1.29 is 19.1 Å². The molecule has 6 heteroatoms. The summed E-state index contributed by atoms with van der Waals surface area (Å²) >= 11 is 0. The van der Waals surface area contributed by atoms with Crippen molar-refractivity contribution in [2.75, 3.05) is 37.7 Å². The lowest BCUT2D eigenvalue weighted by molar-refractivity contribution is -0.148. The maximum Gasteiger partial charge on any atom is 0.309 e. The van der Waals surface area contributed by atoms with Crippen LogP contribution >= 0.6 is 0 Å². The van der Waals surface area contributed by atoms with Crippen LogP contribution in [-0.2, 0) is 16.0 Å². The monoisotopic (exact) mass is 480 g/mol. The summed E-state index contributed by atoms with van der Waals surface area (Å²) in [6, 6.07) is 15.7. The number of nitrogens with zero attached hydrogens (tertiary/aromatic N) is 1. The Morgan fingerprint density at radius 2 is 1.69 bits per heavy atom. The number of hydrogen-bond acceptors (Lipinski definition) is 5. The Kier molecular flexibility index (Phi) is 10.9. The summed E-state index contributed by atoms with van der Waals surface area (Å²) in [5.41, 5.74) is 2.94. The van der Waals surface area contributed by atoms with Gasteiger partial charge in [0.1, 0.15) is 12.4 Å². The van der Waals surface area contributed by atoms with E-state index in [1.54, 1.807) is 0 Å². The van der Waals surface area contributed by atoms with Crippen LogP contribution in [0.3, 0.4) is 0 Å². The number of piperidine rings is 1. The summed E-state index contributed by atoms with van der Waals surface area (Å²) in [6.45, 7) is 7.38. The highest BCUT2D eigenvalue weighted by Crippen LogP contribution is 2.21. The van der Waals surface area contributed by atoms with Crippen LogP contribution in [-0.4, -0.2) is 44.7 Å². The van der Waals surface area contributed by atoms with Gasteiger partial charge in [0, 0.05) is 24.3 Å². The lowest BCUT2D eigenvalue weighted by Gasteiger charge is -2.28. The van der Waals surface area contributed by atoms with Crippen molar-refractivity contribution in [2.45, 2.75) is 58.8 Å². The van der Waals surface area contributed by atoms with E-state index in [1.807, 2.05) is 55.5 Å². The number of unbranched alkanes of at least 4 members (excludes halogenated alkanes) is 1. The first-order chi connectivity index (χ1) is 17.1. The Bertz CT molecular complexity index is 905. The minimum atomic E-state index is -0.113. The van der Waals surface area contributed by atoms with Gasteiger partial charge in [-0.2, -0.15) is 0 Å². The minimum Gasteiger partial charge on any atom is -0.492 e. The SMILES string of the molecule is CCCCC(Cc1ccc(OCCNC(=O)c2ccc(N3CCCCC3)cc2)cc1)C(=O)OCC. The molecule has 6 nitrogen and oxygen atoms in total. The smallest absolute Gasteiger partial charge is 0.309 e. The van der Waals surface area contributed by atoms with E-state index in [0.29, 0.717) is 31.7 Å². The van der Waals surface area contributed by atoms with Gasteiger partial charge in [0.2, 0.25) is 0 Å². The maximum absolute atomic E-state index is 12.4. The van der Waals surface area contributed by atoms with E-state index in [0.717, 1.165) is 43.7 Å². The van der Waals surface area contributed by atoms with Gasteiger partial charge in [-0.05, 0) is 81.0 Å². The van der Waals surface area contributed by atoms with Crippen molar-refractivity contribution in [1.29, 1.82) is 0 Å². The van der Waals surface area contributed by atoms with Crippen molar-refractivity contribution in [1.82, 2.24) is 5.32 Å². The third kappa shape index (κ3) is 8.61. The van der Waals surface area contributed by atoms with Gasteiger partial charge >= 0.3 is 5.97 Å². The zero-order valence-electron chi connectivity index (χ0n) is 21.3. The molecular formula is C29H40N2O4. The molecule has 190 valence electrons. The van der Waals surface area contributed by atoms with Gasteiger partial charge in [-0.3, -0.25) is 9.59 Å². The van der Waals surface area contributed by atoms with Crippen LogP contribution in [0.15, 0.2) is 48.5 Å². The molecule has 0 bridgehead atoms. The summed E-state index contributed by atoms with van der Waals surface area (Å²) in [5.74, 6) is 0.435. The van der Waals surface area contributed by atoms with Gasteiger partial charge in [0.05, 0.1) is 19.1 Å². The van der Waals surface area contributed by atoms with Crippen LogP contribution in [0.1, 0.15) is 68.3 Å². The number of benzene rings is 2. The van der Waals surface area contributed by atoms with Crippen molar-refractivity contribution >= 4 is 17.6 Å². The normalized spacial score (nSPS) is 14.3. The second kappa shape index (κ2) is 14.4. The van der Waals surface area contributed by atoms with Crippen molar-refractivity contribution in [2.24, 2.45) is 5.92 Å². The molecule has 0 aliphatic carbocycles. The molecule has 0 aromatic heterocycles. The first-order valence-corrected chi connectivity index (χ1v) is 13.1. The lowest BCUT2D eigenvalue weighted by atomic mass is 9.94. The largest absolute Gasteiger partial charge is 0.492 e. The molecule has 2 aromatic carbocycles. The molecular weight excluding hydrogens is 440 g/mol. The van der Waals surface area contributed by atoms with E-state index in [9.17, 15) is 9.59 Å². The van der Waals surface area contributed by atoms with Crippen LogP contribution in [0.5, 0.6) is 5.75 Å². The molecule has 0 spiro atoms. The van der Waals surface area contributed by atoms with Gasteiger partial charge in [0.15, 0.2) is 0 Å². The zero-order chi connectivity index (χ0) is 24.9. The highest BCUT2D eigenvalue weighted by molar-refractivity contribution is 5.94. The molecule has 0 saturated carbocycles. The zero-order valence-corrected chi connectivity index (χ0v) is 21.3. The van der Waals surface area contributed by atoms with E-state index < -0.39 is 0 Å². The number of carbonyl (C=O) groups excluding carboxylic acids is 2. The highest BCUT2D eigenvalue weighted by Gasteiger charge is 2.19. The van der Waals surface area contributed by atoms with Gasteiger partial charge in [-0.1, -0.05) is 31.9 Å². The van der Waals surface area contributed by atoms with Crippen LogP contribution in [0.25, 0.3) is 0 Å². The summed E-state index contributed by atoms with van der Waals surface area (Å²) < 4.78 is 11.0. The average molecular weight is 481 g/mol. The number of nitrogens with one attached hydrogen (secondary N) is 1. The van der Waals surface area contributed by atoms with Crippen molar-refractivity contribution in [3.8, 4) is 5.75 Å². The predicted octanol–water partition coefficient (Wildman–Crippen LogP) is 5.40. The number of rotatable bonds is 13. The second-order valence-electron chi connectivity index (χ2n) is 9.14. The Balaban J connectivity index is 1.40. The molecule has 1 amide bonds. The molecule has 1 N–H and O–H groups in total. The van der Waals surface area contributed by atoms with E-state index in [-0.39, 0.29) is 17.8 Å². The number of amides is 1. The summed E-state index contributed by atoms with van der Waals surface area (Å²) in [6.07, 6.45) is 7.36. The third-order valence-electron chi connectivity index (χ3n) is 6.44. The topological polar surface area (TPSA) is 67.9 Å². The Morgan fingerprint density at radius 1 is 0.971 bits per heavy atom. The first kappa shape index (κ1) is 26.6. The fraction of sp³-hybridized carbons (Fsp3) is 0.517. The molecule has 1 aliphatic rings. The number of hydrogen-bond donors (Lipinski definition) is 1. The fourth-order valence-corrected chi connectivity index (χ4v) is 4.43. The summed E-state index contributed by atoms with van der Waals surface area (Å²) in [4.78, 5) is 27.1. The van der Waals surface area contributed by atoms with E-state index in [1.165, 1.54) is 24.9 Å². The molecule has 0 radical (unpaired) electrons. The Morgan fingerprint density at radius 3 is 2.34 bits per heavy atom. The predicted molar refractivity (Wildman–Crippen MR) is 140 cm³/mol. The number of ether oxygens (including phenoxy) is 2. The quantitative estimate of drug-likeness (QED) is 0.307. The number of esters is 1. The van der Waals surface area contributed by atoms with Gasteiger partial charge in [-0.25, -0.2) is 0 Å². The molecule has 1 atom stereocenters. The highest BCUT2D eigenvalue weighted by atomic mass is 16.5. The van der Waals surface area contributed by atoms with E-state index in [4.69, 9.17) is 9.47 Å². The lowest BCUT2D eigenvalue weighted by Crippen LogP contribution is -2.30. The second-order valence-corrected chi connectivity index (χ2v) is 9.14. The maximum atomic E-state index is 12.4. The molecule has 1 aliphatic heterocycles. The minimum absolute atomic E-state index is 0.0915. The number of anilines is 1. The average Bonchev–Trinajstić information content (AvgIpc) is 2.90. The summed E-state index contributed by atoms with van der Waals surface area (Å²) in [5, 5.41) is 2.92.